The number of nitrogens with zero attached hydrogens (tertiary/aromatic N) is 11. The molecule has 13 rings (SSSR count). The SMILES string of the molecule is CC.CCc1ccncc1-c1ccc(F)c2[nH]c(C(=O)N3Cc4cnn(CC)c4C3)cc12.CCc1nc(C)ccc1-c1cc(C(=O)N2CCN(c3ncc(F)cc3OC)CC2)cc2c(F)cn(CC3CC3)c12.CN1CCCCC1.CSN1CCCCC1.O=CC(=O)O. The number of amides is 2. The lowest BCUT2D eigenvalue weighted by Crippen LogP contribution is -2.49. The average Bonchev–Trinajstić information content (AvgIpc) is 1.59. The largest absolute Gasteiger partial charge is 0.493 e. The molecule has 4 fully saturated rings. The zero-order valence-corrected chi connectivity index (χ0v) is 55.6. The number of aldehydes is 1. The molecule has 5 aliphatic rings. The number of carbonyl (C=O) groups excluding carboxylic acids is 3. The molecule has 492 valence electrons. The number of carbonyl (C=O) groups is 4. The number of aryl methyl sites for hydroxylation is 4. The minimum absolute atomic E-state index is 0.141. The Hall–Kier alpha value is -8.08. The molecule has 0 unspecified atom stereocenters. The van der Waals surface area contributed by atoms with Crippen LogP contribution >= 0.6 is 11.9 Å². The summed E-state index contributed by atoms with van der Waals surface area (Å²) >= 11 is 1.88. The molecule has 0 spiro atoms. The van der Waals surface area contributed by atoms with Crippen LogP contribution in [0.2, 0.25) is 0 Å². The van der Waals surface area contributed by atoms with Gasteiger partial charge in [0.15, 0.2) is 11.6 Å². The first-order valence-electron chi connectivity index (χ1n) is 32.3. The summed E-state index contributed by atoms with van der Waals surface area (Å²) in [5.41, 5.74) is 10.7. The van der Waals surface area contributed by atoms with Gasteiger partial charge < -0.3 is 39.0 Å². The van der Waals surface area contributed by atoms with Crippen molar-refractivity contribution in [3.8, 4) is 28.0 Å². The highest BCUT2D eigenvalue weighted by molar-refractivity contribution is 7.96. The van der Waals surface area contributed by atoms with Crippen LogP contribution in [0.25, 0.3) is 44.1 Å². The third-order valence-electron chi connectivity index (χ3n) is 17.1. The molecule has 2 aromatic carbocycles. The van der Waals surface area contributed by atoms with Crippen LogP contribution in [-0.4, -0.2) is 155 Å². The number of fused-ring (bicyclic) bond motifs is 3. The molecule has 22 heteroatoms. The molecule has 0 radical (unpaired) electrons. The number of ether oxygens (including phenoxy) is 1. The number of hydrogen-bond acceptors (Lipinski definition) is 13. The van der Waals surface area contributed by atoms with Gasteiger partial charge in [-0.05, 0) is 145 Å². The molecule has 4 aliphatic heterocycles. The number of aromatic amines is 1. The van der Waals surface area contributed by atoms with E-state index in [2.05, 4.69) is 56.4 Å². The summed E-state index contributed by atoms with van der Waals surface area (Å²) in [6, 6.07) is 15.9. The molecule has 10 heterocycles. The number of carboxylic acids is 1. The zero-order valence-electron chi connectivity index (χ0n) is 54.7. The van der Waals surface area contributed by atoms with Crippen molar-refractivity contribution < 1.29 is 42.2 Å². The highest BCUT2D eigenvalue weighted by Crippen LogP contribution is 2.39. The topological polar surface area (TPSA) is 191 Å². The lowest BCUT2D eigenvalue weighted by molar-refractivity contribution is -0.143. The van der Waals surface area contributed by atoms with Crippen LogP contribution in [0.4, 0.5) is 19.0 Å². The lowest BCUT2D eigenvalue weighted by atomic mass is 9.96. The number of halogens is 3. The number of benzene rings is 2. The summed E-state index contributed by atoms with van der Waals surface area (Å²) in [6.45, 7) is 21.9. The first kappa shape index (κ1) is 69.8. The molecular formula is C70H89F3N12O6S. The van der Waals surface area contributed by atoms with Gasteiger partial charge in [-0.2, -0.15) is 5.10 Å². The molecule has 6 aromatic heterocycles. The van der Waals surface area contributed by atoms with E-state index in [4.69, 9.17) is 24.4 Å². The molecular weight excluding hydrogens is 1190 g/mol. The van der Waals surface area contributed by atoms with E-state index in [1.54, 1.807) is 46.6 Å². The van der Waals surface area contributed by atoms with E-state index in [9.17, 15) is 18.4 Å². The van der Waals surface area contributed by atoms with Crippen LogP contribution in [0.5, 0.6) is 5.75 Å². The Kier molecular flexibility index (Phi) is 25.4. The summed E-state index contributed by atoms with van der Waals surface area (Å²) in [5, 5.41) is 12.9. The van der Waals surface area contributed by atoms with Crippen molar-refractivity contribution >= 4 is 63.6 Å². The van der Waals surface area contributed by atoms with Crippen LogP contribution in [-0.2, 0) is 48.6 Å². The average molecular weight is 1280 g/mol. The second-order valence-corrected chi connectivity index (χ2v) is 24.2. The Morgan fingerprint density at radius 1 is 0.761 bits per heavy atom. The van der Waals surface area contributed by atoms with Crippen LogP contribution in [0.3, 0.4) is 0 Å². The predicted octanol–water partition coefficient (Wildman–Crippen LogP) is 13.1. The fourth-order valence-corrected chi connectivity index (χ4v) is 12.7. The van der Waals surface area contributed by atoms with Crippen LogP contribution in [0.15, 0.2) is 85.6 Å². The van der Waals surface area contributed by atoms with Gasteiger partial charge in [0.2, 0.25) is 6.29 Å². The number of hydrogen-bond donors (Lipinski definition) is 2. The van der Waals surface area contributed by atoms with Crippen molar-refractivity contribution in [2.24, 2.45) is 5.92 Å². The van der Waals surface area contributed by atoms with E-state index in [1.165, 1.54) is 90.1 Å². The second kappa shape index (κ2) is 33.5. The molecule has 92 heavy (non-hydrogen) atoms. The predicted molar refractivity (Wildman–Crippen MR) is 359 cm³/mol. The lowest BCUT2D eigenvalue weighted by Gasteiger charge is -2.36. The summed E-state index contributed by atoms with van der Waals surface area (Å²) in [4.78, 5) is 69.1. The fourth-order valence-electron chi connectivity index (χ4n) is 12.1. The Morgan fingerprint density at radius 3 is 2.07 bits per heavy atom. The maximum atomic E-state index is 15.4. The maximum Gasteiger partial charge on any atom is 0.368 e. The number of anilines is 1. The van der Waals surface area contributed by atoms with Crippen LogP contribution in [0.1, 0.15) is 135 Å². The molecule has 1 aliphatic carbocycles. The highest BCUT2D eigenvalue weighted by Gasteiger charge is 2.31. The Bertz CT molecular complexity index is 3790. The van der Waals surface area contributed by atoms with Gasteiger partial charge in [0.05, 0.1) is 42.8 Å². The van der Waals surface area contributed by atoms with Crippen LogP contribution in [0, 0.1) is 30.3 Å². The Balaban J connectivity index is 0.000000181. The van der Waals surface area contributed by atoms with Gasteiger partial charge in [-0.25, -0.2) is 22.9 Å². The van der Waals surface area contributed by atoms with E-state index in [0.29, 0.717) is 84.3 Å². The molecule has 2 N–H and O–H groups in total. The van der Waals surface area contributed by atoms with Crippen molar-refractivity contribution in [3.63, 3.8) is 0 Å². The molecule has 0 atom stereocenters. The number of carboxylic acid groups (broad SMARTS) is 1. The third-order valence-corrected chi connectivity index (χ3v) is 18.0. The number of likely N-dealkylation sites (tertiary alicyclic amines) is 1. The van der Waals surface area contributed by atoms with Gasteiger partial charge in [-0.1, -0.05) is 64.6 Å². The molecule has 18 nitrogen and oxygen atoms in total. The fraction of sp³-hybridized carbons (Fsp3) is 0.457. The number of pyridine rings is 3. The van der Waals surface area contributed by atoms with Crippen molar-refractivity contribution in [1.82, 2.24) is 53.3 Å². The standard InChI is InChI=1S/C31H33F2N5O2.C23H22FN5O.C6H13NS.C6H13N.C2H2O3.C2H6/c1-4-27-23(8-5-19(2)35-27)24-13-21(14-25-26(33)18-38(29(24)25)17-20-6-7-20)31(39)37-11-9-36(10-12-37)30-28(40-3)15-22(32)16-34-30;1-3-14-7-8-25-11-18(14)16-5-6-19(24)22-17(16)9-20(27-22)23(30)28-12-15-10-26-29(4-2)21(15)13-28;1-8-7-5-3-2-4-6-7;1-7-5-3-2-4-6-7;3-1-2(4)5;1-2/h5,8,13-16,18,20H,4,6-7,9-12,17H2,1-3H3;5-11,27H,3-4,12-13H2,1-2H3;2-6H2,1H3;2-6H2,1H3;1H,(H,4,5);1-2H3. The number of H-pyrrole nitrogens is 1. The van der Waals surface area contributed by atoms with Gasteiger partial charge in [0.1, 0.15) is 23.1 Å². The second-order valence-electron chi connectivity index (χ2n) is 23.3. The number of methoxy groups -OCH3 is 1. The van der Waals surface area contributed by atoms with Crippen molar-refractivity contribution in [1.29, 1.82) is 0 Å². The number of piperidine rings is 2. The minimum atomic E-state index is -1.43. The Morgan fingerprint density at radius 2 is 1.46 bits per heavy atom. The number of piperazine rings is 1. The normalized spacial score (nSPS) is 15.5. The van der Waals surface area contributed by atoms with Gasteiger partial charge in [0.25, 0.3) is 11.8 Å². The number of nitrogens with one attached hydrogen (secondary N) is 1. The highest BCUT2D eigenvalue weighted by atomic mass is 32.2. The van der Waals surface area contributed by atoms with E-state index in [-0.39, 0.29) is 29.7 Å². The third kappa shape index (κ3) is 17.3. The van der Waals surface area contributed by atoms with E-state index < -0.39 is 11.8 Å². The summed E-state index contributed by atoms with van der Waals surface area (Å²) in [7, 11) is 3.68. The van der Waals surface area contributed by atoms with Gasteiger partial charge in [-0.3, -0.25) is 33.3 Å². The van der Waals surface area contributed by atoms with E-state index >= 15 is 4.39 Å². The number of aliphatic carboxylic acids is 1. The first-order valence-corrected chi connectivity index (χ1v) is 33.5. The van der Waals surface area contributed by atoms with E-state index in [0.717, 1.165) is 94.8 Å². The van der Waals surface area contributed by atoms with Crippen molar-refractivity contribution in [2.45, 2.75) is 132 Å². The summed E-state index contributed by atoms with van der Waals surface area (Å²) < 4.78 is 55.4. The summed E-state index contributed by atoms with van der Waals surface area (Å²) in [5.74, 6) is -1.39. The smallest absolute Gasteiger partial charge is 0.368 e. The van der Waals surface area contributed by atoms with Crippen molar-refractivity contribution in [3.05, 3.63) is 142 Å². The van der Waals surface area contributed by atoms with E-state index in [1.807, 2.05) is 84.3 Å². The minimum Gasteiger partial charge on any atom is -0.493 e. The molecule has 2 amide bonds. The van der Waals surface area contributed by atoms with Gasteiger partial charge >= 0.3 is 5.97 Å². The monoisotopic (exact) mass is 1280 g/mol. The maximum absolute atomic E-state index is 15.4. The molecule has 1 saturated carbocycles. The molecule has 8 aromatic rings. The number of rotatable bonds is 13. The van der Waals surface area contributed by atoms with Gasteiger partial charge in [0, 0.05) is 134 Å². The zero-order chi connectivity index (χ0) is 66.0. The molecule has 3 saturated heterocycles. The quantitative estimate of drug-likeness (QED) is 0.0629. The first-order chi connectivity index (χ1) is 44.6. The number of aromatic nitrogens is 7. The summed E-state index contributed by atoms with van der Waals surface area (Å²) in [6.07, 6.45) is 22.5. The van der Waals surface area contributed by atoms with Gasteiger partial charge in [-0.15, -0.1) is 0 Å². The van der Waals surface area contributed by atoms with Crippen LogP contribution < -0.4 is 9.64 Å². The Labute approximate surface area is 542 Å². The van der Waals surface area contributed by atoms with Crippen molar-refractivity contribution in [2.75, 3.05) is 77.7 Å². The molecule has 0 bridgehead atoms.